The maximum absolute atomic E-state index is 12.2. The van der Waals surface area contributed by atoms with Gasteiger partial charge in [-0.15, -0.1) is 0 Å². The first-order valence-corrected chi connectivity index (χ1v) is 7.72. The van der Waals surface area contributed by atoms with Crippen LogP contribution in [0.3, 0.4) is 0 Å². The number of hydrogen-bond acceptors (Lipinski definition) is 3. The van der Waals surface area contributed by atoms with E-state index < -0.39 is 17.6 Å². The molecule has 1 aromatic carbocycles. The highest BCUT2D eigenvalue weighted by Gasteiger charge is 2.41. The summed E-state index contributed by atoms with van der Waals surface area (Å²) in [6.07, 6.45) is 1.38. The fraction of sp³-hybridized carbons (Fsp3) is 0.467. The van der Waals surface area contributed by atoms with Gasteiger partial charge in [0.1, 0.15) is 5.75 Å². The van der Waals surface area contributed by atoms with Gasteiger partial charge < -0.3 is 15.2 Å². The van der Waals surface area contributed by atoms with Crippen LogP contribution in [0.2, 0.25) is 10.0 Å². The molecule has 1 saturated carbocycles. The summed E-state index contributed by atoms with van der Waals surface area (Å²) in [5.74, 6) is -0.920. The molecular weight excluding hydrogens is 329 g/mol. The minimum Gasteiger partial charge on any atom is -0.481 e. The molecule has 5 nitrogen and oxygen atoms in total. The monoisotopic (exact) mass is 345 g/mol. The molecule has 1 atom stereocenters. The predicted molar refractivity (Wildman–Crippen MR) is 83.5 cm³/mol. The van der Waals surface area contributed by atoms with Crippen molar-refractivity contribution >= 4 is 35.1 Å². The normalized spacial score (nSPS) is 17.2. The highest BCUT2D eigenvalue weighted by Crippen LogP contribution is 2.35. The van der Waals surface area contributed by atoms with E-state index in [1.807, 2.05) is 0 Å². The second kappa shape index (κ2) is 6.75. The molecule has 22 heavy (non-hydrogen) atoms. The van der Waals surface area contributed by atoms with E-state index in [4.69, 9.17) is 33.0 Å². The third-order valence-electron chi connectivity index (χ3n) is 3.76. The van der Waals surface area contributed by atoms with E-state index in [1.54, 1.807) is 19.1 Å². The first-order valence-electron chi connectivity index (χ1n) is 6.97. The van der Waals surface area contributed by atoms with E-state index in [9.17, 15) is 9.59 Å². The minimum atomic E-state index is -0.922. The Bertz CT molecular complexity index is 587. The molecule has 1 aromatic rings. The summed E-state index contributed by atoms with van der Waals surface area (Å²) in [6, 6.07) is 4.73. The number of rotatable bonds is 6. The van der Waals surface area contributed by atoms with E-state index in [0.29, 0.717) is 28.6 Å². The number of nitrogens with one attached hydrogen (secondary N) is 1. The van der Waals surface area contributed by atoms with Crippen molar-refractivity contribution in [2.75, 3.05) is 0 Å². The minimum absolute atomic E-state index is 0.0762. The Morgan fingerprint density at radius 2 is 2.09 bits per heavy atom. The number of ether oxygens (including phenoxy) is 1. The highest BCUT2D eigenvalue weighted by atomic mass is 35.5. The van der Waals surface area contributed by atoms with Crippen LogP contribution < -0.4 is 10.1 Å². The molecule has 2 N–H and O–H groups in total. The summed E-state index contributed by atoms with van der Waals surface area (Å²) in [5, 5.41) is 12.5. The number of carboxylic acid groups (broad SMARTS) is 1. The number of halogens is 2. The molecule has 1 unspecified atom stereocenters. The lowest BCUT2D eigenvalue weighted by Crippen LogP contribution is -2.57. The van der Waals surface area contributed by atoms with Crippen molar-refractivity contribution in [3.63, 3.8) is 0 Å². The van der Waals surface area contributed by atoms with Gasteiger partial charge in [-0.1, -0.05) is 23.2 Å². The molecule has 0 saturated heterocycles. The van der Waals surface area contributed by atoms with Gasteiger partial charge in [0.2, 0.25) is 0 Å². The molecule has 1 fully saturated rings. The number of carbonyl (C=O) groups is 2. The van der Waals surface area contributed by atoms with Gasteiger partial charge in [-0.3, -0.25) is 9.59 Å². The molecule has 1 aliphatic carbocycles. The smallest absolute Gasteiger partial charge is 0.305 e. The molecule has 7 heteroatoms. The molecule has 0 spiro atoms. The summed E-state index contributed by atoms with van der Waals surface area (Å²) in [6.45, 7) is 1.59. The zero-order chi connectivity index (χ0) is 16.3. The van der Waals surface area contributed by atoms with E-state index in [0.717, 1.165) is 6.42 Å². The van der Waals surface area contributed by atoms with Gasteiger partial charge in [0.25, 0.3) is 5.91 Å². The summed E-state index contributed by atoms with van der Waals surface area (Å²) >= 11 is 11.8. The lowest BCUT2D eigenvalue weighted by Gasteiger charge is -2.42. The van der Waals surface area contributed by atoms with E-state index in [1.165, 1.54) is 6.07 Å². The quantitative estimate of drug-likeness (QED) is 0.829. The van der Waals surface area contributed by atoms with Gasteiger partial charge in [-0.05, 0) is 44.4 Å². The molecule has 1 aliphatic rings. The van der Waals surface area contributed by atoms with Gasteiger partial charge in [0.15, 0.2) is 6.10 Å². The molecule has 1 amide bonds. The third kappa shape index (κ3) is 4.05. The van der Waals surface area contributed by atoms with E-state index in [2.05, 4.69) is 5.32 Å². The second-order valence-corrected chi connectivity index (χ2v) is 6.37. The van der Waals surface area contributed by atoms with Crippen molar-refractivity contribution in [1.29, 1.82) is 0 Å². The summed E-state index contributed by atoms with van der Waals surface area (Å²) in [7, 11) is 0. The number of aliphatic carboxylic acids is 1. The fourth-order valence-corrected chi connectivity index (χ4v) is 2.87. The number of carboxylic acids is 1. The van der Waals surface area contributed by atoms with Crippen molar-refractivity contribution in [3.05, 3.63) is 28.2 Å². The molecule has 0 aliphatic heterocycles. The lowest BCUT2D eigenvalue weighted by atomic mass is 9.74. The number of amides is 1. The van der Waals surface area contributed by atoms with Gasteiger partial charge in [0, 0.05) is 5.02 Å². The molecule has 0 bridgehead atoms. The van der Waals surface area contributed by atoms with Gasteiger partial charge in [0.05, 0.1) is 17.0 Å². The van der Waals surface area contributed by atoms with Gasteiger partial charge in [-0.2, -0.15) is 0 Å². The molecular formula is C15H17Cl2NO4. The summed E-state index contributed by atoms with van der Waals surface area (Å²) < 4.78 is 5.53. The lowest BCUT2D eigenvalue weighted by molar-refractivity contribution is -0.141. The molecule has 2 rings (SSSR count). The van der Waals surface area contributed by atoms with Crippen molar-refractivity contribution in [3.8, 4) is 5.75 Å². The van der Waals surface area contributed by atoms with Crippen molar-refractivity contribution in [2.45, 2.75) is 44.2 Å². The Morgan fingerprint density at radius 1 is 1.41 bits per heavy atom. The predicted octanol–water partition coefficient (Wildman–Crippen LogP) is 3.27. The van der Waals surface area contributed by atoms with Crippen LogP contribution in [0.1, 0.15) is 32.6 Å². The van der Waals surface area contributed by atoms with E-state index in [-0.39, 0.29) is 12.3 Å². The largest absolute Gasteiger partial charge is 0.481 e. The van der Waals surface area contributed by atoms with Crippen LogP contribution >= 0.6 is 23.2 Å². The number of carbonyl (C=O) groups excluding carboxylic acids is 1. The zero-order valence-corrected chi connectivity index (χ0v) is 13.6. The molecule has 120 valence electrons. The molecule has 0 heterocycles. The van der Waals surface area contributed by atoms with Crippen molar-refractivity contribution in [1.82, 2.24) is 5.32 Å². The van der Waals surface area contributed by atoms with E-state index >= 15 is 0 Å². The van der Waals surface area contributed by atoms with Gasteiger partial charge in [-0.25, -0.2) is 0 Å². The van der Waals surface area contributed by atoms with Crippen LogP contribution in [0.5, 0.6) is 5.75 Å². The van der Waals surface area contributed by atoms with Crippen LogP contribution in [-0.2, 0) is 9.59 Å². The number of hydrogen-bond donors (Lipinski definition) is 2. The van der Waals surface area contributed by atoms with Gasteiger partial charge >= 0.3 is 5.97 Å². The highest BCUT2D eigenvalue weighted by molar-refractivity contribution is 6.35. The van der Waals surface area contributed by atoms with Crippen LogP contribution in [0.25, 0.3) is 0 Å². The maximum Gasteiger partial charge on any atom is 0.305 e. The topological polar surface area (TPSA) is 75.6 Å². The maximum atomic E-state index is 12.2. The van der Waals surface area contributed by atoms with Crippen molar-refractivity contribution < 1.29 is 19.4 Å². The van der Waals surface area contributed by atoms with Crippen LogP contribution in [-0.4, -0.2) is 28.6 Å². The Balaban J connectivity index is 1.98. The third-order valence-corrected chi connectivity index (χ3v) is 4.29. The standard InChI is InChI=1S/C15H17Cl2NO4/c1-9(22-12-4-3-10(16)7-11(12)17)14(21)18-15(5-2-6-15)8-13(19)20/h3-4,7,9H,2,5-6,8H2,1H3,(H,18,21)(H,19,20). The average Bonchev–Trinajstić information content (AvgIpc) is 2.38. The van der Waals surface area contributed by atoms with Crippen molar-refractivity contribution in [2.24, 2.45) is 0 Å². The molecule has 0 radical (unpaired) electrons. The average molecular weight is 346 g/mol. The Hall–Kier alpha value is -1.46. The van der Waals surface area contributed by atoms with Crippen LogP contribution in [0.15, 0.2) is 18.2 Å². The van der Waals surface area contributed by atoms with Crippen LogP contribution in [0.4, 0.5) is 0 Å². The first-order chi connectivity index (χ1) is 10.3. The SMILES string of the molecule is CC(Oc1ccc(Cl)cc1Cl)C(=O)NC1(CC(=O)O)CCC1. The Labute approximate surface area is 138 Å². The first kappa shape index (κ1) is 16.9. The van der Waals surface area contributed by atoms with Crippen LogP contribution in [0, 0.1) is 0 Å². The molecule has 0 aromatic heterocycles. The summed E-state index contributed by atoms with van der Waals surface area (Å²) in [5.41, 5.74) is -0.648. The Morgan fingerprint density at radius 3 is 2.59 bits per heavy atom. The summed E-state index contributed by atoms with van der Waals surface area (Å²) in [4.78, 5) is 23.1. The zero-order valence-electron chi connectivity index (χ0n) is 12.1. The fourth-order valence-electron chi connectivity index (χ4n) is 2.42. The Kier molecular flexibility index (Phi) is 5.19. The number of benzene rings is 1. The second-order valence-electron chi connectivity index (χ2n) is 5.53.